The number of halogens is 2. The summed E-state index contributed by atoms with van der Waals surface area (Å²) in [5, 5.41) is 19.4. The van der Waals surface area contributed by atoms with Crippen LogP contribution in [0.4, 0.5) is 5.00 Å². The van der Waals surface area contributed by atoms with Crippen LogP contribution in [0.1, 0.15) is 20.9 Å². The van der Waals surface area contributed by atoms with E-state index in [0.717, 1.165) is 16.9 Å². The van der Waals surface area contributed by atoms with Crippen LogP contribution < -0.4 is 5.43 Å². The molecule has 1 N–H and O–H groups in total. The fourth-order valence-corrected chi connectivity index (χ4v) is 3.44. The lowest BCUT2D eigenvalue weighted by molar-refractivity contribution is -0.380. The van der Waals surface area contributed by atoms with Gasteiger partial charge in [0.25, 0.3) is 5.91 Å². The first-order chi connectivity index (χ1) is 12.9. The van der Waals surface area contributed by atoms with E-state index in [-0.39, 0.29) is 10.7 Å². The molecule has 1 amide bonds. The third-order valence-electron chi connectivity index (χ3n) is 3.34. The van der Waals surface area contributed by atoms with E-state index in [1.165, 1.54) is 12.3 Å². The minimum Gasteiger partial charge on any atom is -0.266 e. The lowest BCUT2D eigenvalue weighted by Gasteiger charge is -2.01. The molecule has 0 fully saturated rings. The molecule has 0 bridgehead atoms. The maximum absolute atomic E-state index is 12.2. The van der Waals surface area contributed by atoms with Crippen LogP contribution in [0.3, 0.4) is 0 Å². The Hall–Kier alpha value is -2.56. The van der Waals surface area contributed by atoms with Gasteiger partial charge in [-0.15, -0.1) is 0 Å². The highest BCUT2D eigenvalue weighted by Crippen LogP contribution is 2.22. The number of aromatic nitrogens is 2. The van der Waals surface area contributed by atoms with Crippen molar-refractivity contribution in [3.63, 3.8) is 0 Å². The van der Waals surface area contributed by atoms with Crippen LogP contribution in [0.5, 0.6) is 0 Å². The summed E-state index contributed by atoms with van der Waals surface area (Å²) in [5.74, 6) is -0.501. The lowest BCUT2D eigenvalue weighted by Crippen LogP contribution is -2.19. The SMILES string of the molecule is O=C(NN=Cc1ccc([N+](=O)[O-])s1)c1nn(Cc2ccc(Cl)cc2)cc1Br. The zero-order chi connectivity index (χ0) is 19.4. The molecule has 0 atom stereocenters. The molecule has 8 nitrogen and oxygen atoms in total. The zero-order valence-electron chi connectivity index (χ0n) is 13.5. The number of carbonyl (C=O) groups excluding carboxylic acids is 1. The van der Waals surface area contributed by atoms with Gasteiger partial charge in [0.2, 0.25) is 0 Å². The van der Waals surface area contributed by atoms with Gasteiger partial charge < -0.3 is 0 Å². The Kier molecular flexibility index (Phi) is 5.99. The van der Waals surface area contributed by atoms with Gasteiger partial charge in [-0.1, -0.05) is 35.1 Å². The minimum atomic E-state index is -0.501. The fourth-order valence-electron chi connectivity index (χ4n) is 2.13. The smallest absolute Gasteiger partial charge is 0.266 e. The number of benzene rings is 1. The van der Waals surface area contributed by atoms with Gasteiger partial charge in [-0.05, 0) is 39.7 Å². The molecule has 2 aromatic heterocycles. The second-order valence-electron chi connectivity index (χ2n) is 5.28. The highest BCUT2D eigenvalue weighted by atomic mass is 79.9. The number of amides is 1. The first kappa shape index (κ1) is 19.2. The Morgan fingerprint density at radius 3 is 2.78 bits per heavy atom. The Labute approximate surface area is 170 Å². The third-order valence-corrected chi connectivity index (χ3v) is 5.14. The summed E-state index contributed by atoms with van der Waals surface area (Å²) in [6.45, 7) is 0.477. The molecule has 0 aliphatic rings. The van der Waals surface area contributed by atoms with Crippen LogP contribution in [-0.2, 0) is 6.54 Å². The summed E-state index contributed by atoms with van der Waals surface area (Å²) in [6, 6.07) is 10.3. The summed E-state index contributed by atoms with van der Waals surface area (Å²) in [6.07, 6.45) is 3.03. The molecule has 3 rings (SSSR count). The lowest BCUT2D eigenvalue weighted by atomic mass is 10.2. The molecule has 0 saturated heterocycles. The minimum absolute atomic E-state index is 0.00598. The van der Waals surface area contributed by atoms with Gasteiger partial charge in [-0.3, -0.25) is 19.6 Å². The van der Waals surface area contributed by atoms with Crippen LogP contribution in [-0.4, -0.2) is 26.8 Å². The van der Waals surface area contributed by atoms with Crippen molar-refractivity contribution in [1.82, 2.24) is 15.2 Å². The van der Waals surface area contributed by atoms with Gasteiger partial charge in [0, 0.05) is 17.3 Å². The number of hydrogen-bond donors (Lipinski definition) is 1. The number of nitrogens with one attached hydrogen (secondary N) is 1. The van der Waals surface area contributed by atoms with Crippen molar-refractivity contribution >= 4 is 56.0 Å². The van der Waals surface area contributed by atoms with Crippen LogP contribution in [0.2, 0.25) is 5.02 Å². The molecule has 0 aliphatic carbocycles. The predicted octanol–water partition coefficient (Wildman–Crippen LogP) is 4.08. The molecule has 0 radical (unpaired) electrons. The van der Waals surface area contributed by atoms with Crippen molar-refractivity contribution in [3.05, 3.63) is 78.3 Å². The number of hydrazone groups is 1. The number of nitro groups is 1. The Bertz CT molecular complexity index is 1020. The average molecular weight is 469 g/mol. The van der Waals surface area contributed by atoms with Gasteiger partial charge in [-0.25, -0.2) is 5.43 Å². The Morgan fingerprint density at radius 1 is 1.37 bits per heavy atom. The number of thiophene rings is 1. The number of rotatable bonds is 6. The fraction of sp³-hybridized carbons (Fsp3) is 0.0625. The van der Waals surface area contributed by atoms with Crippen molar-refractivity contribution in [2.75, 3.05) is 0 Å². The largest absolute Gasteiger partial charge is 0.324 e. The van der Waals surface area contributed by atoms with E-state index in [1.54, 1.807) is 29.1 Å². The summed E-state index contributed by atoms with van der Waals surface area (Å²) >= 11 is 10.1. The van der Waals surface area contributed by atoms with Gasteiger partial charge in [-0.2, -0.15) is 10.2 Å². The highest BCUT2D eigenvalue weighted by molar-refractivity contribution is 9.10. The van der Waals surface area contributed by atoms with Gasteiger partial charge >= 0.3 is 5.00 Å². The summed E-state index contributed by atoms with van der Waals surface area (Å²) < 4.78 is 2.14. The Balaban J connectivity index is 1.64. The molecule has 0 aliphatic heterocycles. The van der Waals surface area contributed by atoms with E-state index in [1.807, 2.05) is 12.1 Å². The van der Waals surface area contributed by atoms with E-state index >= 15 is 0 Å². The summed E-state index contributed by atoms with van der Waals surface area (Å²) in [7, 11) is 0. The van der Waals surface area contributed by atoms with Crippen LogP contribution in [0.15, 0.2) is 52.2 Å². The molecule has 11 heteroatoms. The molecule has 0 spiro atoms. The standard InChI is InChI=1S/C16H11BrClN5O3S/c17-13-9-22(8-10-1-3-11(18)4-2-10)21-15(13)16(24)20-19-7-12-5-6-14(27-12)23(25)26/h1-7,9H,8H2,(H,20,24). The number of nitrogens with zero attached hydrogens (tertiary/aromatic N) is 4. The predicted molar refractivity (Wildman–Crippen MR) is 107 cm³/mol. The van der Waals surface area contributed by atoms with Crippen LogP contribution in [0.25, 0.3) is 0 Å². The van der Waals surface area contributed by atoms with Crippen molar-refractivity contribution in [2.45, 2.75) is 6.54 Å². The molecule has 0 saturated carbocycles. The Morgan fingerprint density at radius 2 is 2.11 bits per heavy atom. The number of carbonyl (C=O) groups is 1. The number of hydrogen-bond acceptors (Lipinski definition) is 6. The quantitative estimate of drug-likeness (QED) is 0.334. The first-order valence-electron chi connectivity index (χ1n) is 7.47. The van der Waals surface area contributed by atoms with Crippen LogP contribution >= 0.6 is 38.9 Å². The van der Waals surface area contributed by atoms with Crippen LogP contribution in [0, 0.1) is 10.1 Å². The maximum Gasteiger partial charge on any atom is 0.324 e. The van der Waals surface area contributed by atoms with E-state index in [9.17, 15) is 14.9 Å². The van der Waals surface area contributed by atoms with Gasteiger partial charge in [0.05, 0.1) is 27.0 Å². The molecule has 3 aromatic rings. The van der Waals surface area contributed by atoms with E-state index in [0.29, 0.717) is 20.9 Å². The van der Waals surface area contributed by atoms with E-state index in [4.69, 9.17) is 11.6 Å². The molecule has 1 aromatic carbocycles. The summed E-state index contributed by atoms with van der Waals surface area (Å²) in [5.41, 5.74) is 3.52. The molecule has 138 valence electrons. The topological polar surface area (TPSA) is 102 Å². The molecule has 27 heavy (non-hydrogen) atoms. The average Bonchev–Trinajstić information content (AvgIpc) is 3.24. The van der Waals surface area contributed by atoms with Gasteiger partial charge in [0.1, 0.15) is 0 Å². The normalized spacial score (nSPS) is 11.0. The molecular weight excluding hydrogens is 458 g/mol. The molecular formula is C16H11BrClN5O3S. The monoisotopic (exact) mass is 467 g/mol. The molecule has 0 unspecified atom stereocenters. The maximum atomic E-state index is 12.2. The highest BCUT2D eigenvalue weighted by Gasteiger charge is 2.15. The zero-order valence-corrected chi connectivity index (χ0v) is 16.7. The van der Waals surface area contributed by atoms with E-state index < -0.39 is 10.8 Å². The van der Waals surface area contributed by atoms with Crippen molar-refractivity contribution in [3.8, 4) is 0 Å². The third kappa shape index (κ3) is 5.00. The van der Waals surface area contributed by atoms with Gasteiger partial charge in [0.15, 0.2) is 5.69 Å². The first-order valence-corrected chi connectivity index (χ1v) is 9.46. The second-order valence-corrected chi connectivity index (χ2v) is 7.67. The molecule has 2 heterocycles. The van der Waals surface area contributed by atoms with E-state index in [2.05, 4.69) is 31.6 Å². The van der Waals surface area contributed by atoms with Crippen molar-refractivity contribution in [1.29, 1.82) is 0 Å². The summed E-state index contributed by atoms with van der Waals surface area (Å²) in [4.78, 5) is 22.9. The van der Waals surface area contributed by atoms with Crippen molar-refractivity contribution in [2.24, 2.45) is 5.10 Å². The van der Waals surface area contributed by atoms with Crippen molar-refractivity contribution < 1.29 is 9.72 Å². The second kappa shape index (κ2) is 8.42.